The van der Waals surface area contributed by atoms with Crippen LogP contribution in [0.4, 0.5) is 0 Å². The molecule has 1 atom stereocenters. The number of rotatable bonds is 4. The summed E-state index contributed by atoms with van der Waals surface area (Å²) in [6.45, 7) is 1.64. The number of aromatic nitrogens is 1. The zero-order chi connectivity index (χ0) is 14.5. The van der Waals surface area contributed by atoms with Gasteiger partial charge in [0.05, 0.1) is 24.8 Å². The minimum atomic E-state index is -0.692. The Hall–Kier alpha value is -2.58. The predicted octanol–water partition coefficient (Wildman–Crippen LogP) is 2.81. The minimum Gasteiger partial charge on any atom is -0.493 e. The normalized spacial score (nSPS) is 11.5. The van der Waals surface area contributed by atoms with E-state index in [-0.39, 0.29) is 0 Å². The first kappa shape index (κ1) is 13.8. The Morgan fingerprint density at radius 3 is 2.75 bits per heavy atom. The van der Waals surface area contributed by atoms with Crippen LogP contribution in [0, 0.1) is 11.3 Å². The van der Waals surface area contributed by atoms with Crippen LogP contribution in [0.5, 0.6) is 17.4 Å². The van der Waals surface area contributed by atoms with E-state index in [1.807, 2.05) is 6.07 Å². The Balaban J connectivity index is 2.38. The highest BCUT2D eigenvalue weighted by molar-refractivity contribution is 5.48. The van der Waals surface area contributed by atoms with E-state index in [9.17, 15) is 5.11 Å². The maximum Gasteiger partial charge on any atom is 0.225 e. The zero-order valence-corrected chi connectivity index (χ0v) is 11.2. The van der Waals surface area contributed by atoms with Gasteiger partial charge >= 0.3 is 0 Å². The number of nitrogens with zero attached hydrogens (tertiary/aromatic N) is 2. The van der Waals surface area contributed by atoms with Gasteiger partial charge in [0, 0.05) is 17.8 Å². The average molecular weight is 270 g/mol. The lowest BCUT2D eigenvalue weighted by Crippen LogP contribution is -1.99. The van der Waals surface area contributed by atoms with Crippen molar-refractivity contribution in [2.75, 3.05) is 7.11 Å². The van der Waals surface area contributed by atoms with Gasteiger partial charge in [-0.1, -0.05) is 0 Å². The van der Waals surface area contributed by atoms with Crippen LogP contribution in [0.15, 0.2) is 36.5 Å². The van der Waals surface area contributed by atoms with Crippen molar-refractivity contribution in [2.24, 2.45) is 0 Å². The van der Waals surface area contributed by atoms with Crippen LogP contribution in [-0.4, -0.2) is 17.2 Å². The molecule has 0 aliphatic carbocycles. The largest absolute Gasteiger partial charge is 0.493 e. The smallest absolute Gasteiger partial charge is 0.225 e. The monoisotopic (exact) mass is 270 g/mol. The fourth-order valence-electron chi connectivity index (χ4n) is 1.73. The van der Waals surface area contributed by atoms with Crippen molar-refractivity contribution in [1.82, 2.24) is 4.98 Å². The van der Waals surface area contributed by atoms with Crippen LogP contribution in [0.25, 0.3) is 0 Å². The molecular weight excluding hydrogens is 256 g/mol. The van der Waals surface area contributed by atoms with Crippen molar-refractivity contribution in [3.8, 4) is 23.4 Å². The lowest BCUT2D eigenvalue weighted by Gasteiger charge is -2.13. The first-order valence-electron chi connectivity index (χ1n) is 6.04. The molecule has 0 amide bonds. The van der Waals surface area contributed by atoms with Crippen LogP contribution < -0.4 is 9.47 Å². The molecule has 0 aliphatic heterocycles. The number of hydrogen-bond donors (Lipinski definition) is 1. The molecule has 1 aromatic heterocycles. The highest BCUT2D eigenvalue weighted by atomic mass is 16.5. The Morgan fingerprint density at radius 1 is 1.30 bits per heavy atom. The second-order valence-corrected chi connectivity index (χ2v) is 4.15. The molecule has 0 fully saturated rings. The molecule has 0 aliphatic rings. The fraction of sp³-hybridized carbons (Fsp3) is 0.200. The standard InChI is InChI=1S/C15H14N2O3/c1-10(18)12-4-3-7-17-15(12)20-13-6-5-11(9-16)8-14(13)19-2/h3-8,10,18H,1-2H3/t10-/m0/s1. The van der Waals surface area contributed by atoms with Crippen LogP contribution in [0.1, 0.15) is 24.2 Å². The quantitative estimate of drug-likeness (QED) is 0.924. The summed E-state index contributed by atoms with van der Waals surface area (Å²) in [7, 11) is 1.50. The van der Waals surface area contributed by atoms with Crippen LogP contribution in [0.2, 0.25) is 0 Å². The molecule has 0 bridgehead atoms. The van der Waals surface area contributed by atoms with Gasteiger partial charge in [-0.15, -0.1) is 0 Å². The Labute approximate surface area is 117 Å². The van der Waals surface area contributed by atoms with Crippen LogP contribution >= 0.6 is 0 Å². The molecule has 1 heterocycles. The van der Waals surface area contributed by atoms with Gasteiger partial charge in [-0.2, -0.15) is 5.26 Å². The Kier molecular flexibility index (Phi) is 4.18. The van der Waals surface area contributed by atoms with Crippen molar-refractivity contribution < 1.29 is 14.6 Å². The van der Waals surface area contributed by atoms with Crippen molar-refractivity contribution >= 4 is 0 Å². The number of ether oxygens (including phenoxy) is 2. The molecule has 0 saturated carbocycles. The lowest BCUT2D eigenvalue weighted by molar-refractivity contribution is 0.194. The first-order chi connectivity index (χ1) is 9.65. The molecule has 2 rings (SSSR count). The summed E-state index contributed by atoms with van der Waals surface area (Å²) >= 11 is 0. The molecule has 0 unspecified atom stereocenters. The molecule has 0 radical (unpaired) electrons. The van der Waals surface area contributed by atoms with Gasteiger partial charge in [0.2, 0.25) is 5.88 Å². The second kappa shape index (κ2) is 6.04. The molecule has 0 spiro atoms. The number of pyridine rings is 1. The van der Waals surface area contributed by atoms with E-state index >= 15 is 0 Å². The SMILES string of the molecule is COc1cc(C#N)ccc1Oc1ncccc1[C@H](C)O. The van der Waals surface area contributed by atoms with E-state index in [1.54, 1.807) is 43.5 Å². The average Bonchev–Trinajstić information content (AvgIpc) is 2.48. The summed E-state index contributed by atoms with van der Waals surface area (Å²) < 4.78 is 10.9. The van der Waals surface area contributed by atoms with Crippen molar-refractivity contribution in [3.05, 3.63) is 47.7 Å². The highest BCUT2D eigenvalue weighted by Gasteiger charge is 2.13. The highest BCUT2D eigenvalue weighted by Crippen LogP contribution is 2.34. The fourth-order valence-corrected chi connectivity index (χ4v) is 1.73. The summed E-state index contributed by atoms with van der Waals surface area (Å²) in [5.41, 5.74) is 1.06. The van der Waals surface area contributed by atoms with E-state index in [4.69, 9.17) is 14.7 Å². The number of aliphatic hydroxyl groups excluding tert-OH is 1. The number of aliphatic hydroxyl groups is 1. The third-order valence-electron chi connectivity index (χ3n) is 2.75. The number of hydrogen-bond acceptors (Lipinski definition) is 5. The summed E-state index contributed by atoms with van der Waals surface area (Å²) in [6, 6.07) is 10.3. The maximum atomic E-state index is 9.70. The Bertz CT molecular complexity index is 648. The third kappa shape index (κ3) is 2.87. The van der Waals surface area contributed by atoms with Crippen molar-refractivity contribution in [3.63, 3.8) is 0 Å². The van der Waals surface area contributed by atoms with Gasteiger partial charge in [0.1, 0.15) is 0 Å². The summed E-state index contributed by atoms with van der Waals surface area (Å²) in [6.07, 6.45) is 0.889. The van der Waals surface area contributed by atoms with Gasteiger partial charge in [0.25, 0.3) is 0 Å². The lowest BCUT2D eigenvalue weighted by atomic mass is 10.2. The van der Waals surface area contributed by atoms with Crippen molar-refractivity contribution in [2.45, 2.75) is 13.0 Å². The Morgan fingerprint density at radius 2 is 2.10 bits per heavy atom. The molecule has 2 aromatic rings. The molecule has 5 nitrogen and oxygen atoms in total. The van der Waals surface area contributed by atoms with Gasteiger partial charge < -0.3 is 14.6 Å². The molecule has 1 N–H and O–H groups in total. The minimum absolute atomic E-state index is 0.311. The molecule has 5 heteroatoms. The number of methoxy groups -OCH3 is 1. The molecule has 20 heavy (non-hydrogen) atoms. The van der Waals surface area contributed by atoms with Crippen LogP contribution in [0.3, 0.4) is 0 Å². The van der Waals surface area contributed by atoms with Crippen LogP contribution in [-0.2, 0) is 0 Å². The maximum absolute atomic E-state index is 9.70. The molecule has 1 aromatic carbocycles. The molecular formula is C15H14N2O3. The van der Waals surface area contributed by atoms with E-state index in [0.29, 0.717) is 28.5 Å². The number of benzene rings is 1. The first-order valence-corrected chi connectivity index (χ1v) is 6.04. The van der Waals surface area contributed by atoms with Gasteiger partial charge in [-0.25, -0.2) is 4.98 Å². The van der Waals surface area contributed by atoms with Gasteiger partial charge in [-0.3, -0.25) is 0 Å². The molecule has 102 valence electrons. The predicted molar refractivity (Wildman–Crippen MR) is 72.7 cm³/mol. The van der Waals surface area contributed by atoms with E-state index in [2.05, 4.69) is 4.98 Å². The van der Waals surface area contributed by atoms with Crippen molar-refractivity contribution in [1.29, 1.82) is 5.26 Å². The summed E-state index contributed by atoms with van der Waals surface area (Å²) in [5, 5.41) is 18.6. The van der Waals surface area contributed by atoms with E-state index in [1.165, 1.54) is 7.11 Å². The topological polar surface area (TPSA) is 75.4 Å². The zero-order valence-electron chi connectivity index (χ0n) is 11.2. The summed E-state index contributed by atoms with van der Waals surface area (Å²) in [4.78, 5) is 4.11. The van der Waals surface area contributed by atoms with Gasteiger partial charge in [0.15, 0.2) is 11.5 Å². The number of nitriles is 1. The second-order valence-electron chi connectivity index (χ2n) is 4.15. The van der Waals surface area contributed by atoms with Gasteiger partial charge in [-0.05, 0) is 31.2 Å². The summed E-state index contributed by atoms with van der Waals surface area (Å²) in [5.74, 6) is 1.18. The molecule has 0 saturated heterocycles. The van der Waals surface area contributed by atoms with E-state index in [0.717, 1.165) is 0 Å². The van der Waals surface area contributed by atoms with E-state index < -0.39 is 6.10 Å². The third-order valence-corrected chi connectivity index (χ3v) is 2.75.